The third-order valence-corrected chi connectivity index (χ3v) is 6.06. The lowest BCUT2D eigenvalue weighted by Gasteiger charge is -2.38. The van der Waals surface area contributed by atoms with Gasteiger partial charge in [0, 0.05) is 29.7 Å². The molecular formula is C25H25F2N3O3. The molecule has 1 saturated heterocycles. The Morgan fingerprint density at radius 1 is 1.18 bits per heavy atom. The summed E-state index contributed by atoms with van der Waals surface area (Å²) in [5.41, 5.74) is 0.727. The highest BCUT2D eigenvalue weighted by Crippen LogP contribution is 2.38. The molecule has 1 amide bonds. The van der Waals surface area contributed by atoms with Crippen LogP contribution in [0.4, 0.5) is 14.5 Å². The van der Waals surface area contributed by atoms with E-state index in [9.17, 15) is 18.7 Å². The van der Waals surface area contributed by atoms with Gasteiger partial charge in [0.05, 0.1) is 30.2 Å². The average molecular weight is 453 g/mol. The van der Waals surface area contributed by atoms with Gasteiger partial charge in [-0.2, -0.15) is 0 Å². The van der Waals surface area contributed by atoms with Crippen molar-refractivity contribution in [1.82, 2.24) is 9.97 Å². The number of nitrogens with one attached hydrogen (secondary N) is 1. The van der Waals surface area contributed by atoms with Crippen molar-refractivity contribution in [1.29, 1.82) is 0 Å². The summed E-state index contributed by atoms with van der Waals surface area (Å²) in [6.07, 6.45) is 3.17. The molecule has 1 aliphatic heterocycles. The smallest absolute Gasteiger partial charge is 0.274 e. The van der Waals surface area contributed by atoms with E-state index in [4.69, 9.17) is 4.74 Å². The van der Waals surface area contributed by atoms with Gasteiger partial charge in [-0.15, -0.1) is 0 Å². The maximum atomic E-state index is 14.4. The molecule has 3 aromatic rings. The van der Waals surface area contributed by atoms with Crippen LogP contribution in [0, 0.1) is 17.6 Å². The molecule has 33 heavy (non-hydrogen) atoms. The molecule has 0 saturated carbocycles. The fourth-order valence-electron chi connectivity index (χ4n) is 4.31. The van der Waals surface area contributed by atoms with Gasteiger partial charge in [0.2, 0.25) is 0 Å². The molecule has 1 aliphatic rings. The van der Waals surface area contributed by atoms with E-state index in [1.807, 2.05) is 13.8 Å². The van der Waals surface area contributed by atoms with Gasteiger partial charge in [0.1, 0.15) is 23.0 Å². The fourth-order valence-corrected chi connectivity index (χ4v) is 4.31. The van der Waals surface area contributed by atoms with Gasteiger partial charge in [-0.3, -0.25) is 9.78 Å². The first-order valence-electron chi connectivity index (χ1n) is 10.9. The number of aliphatic hydroxyl groups is 1. The van der Waals surface area contributed by atoms with Crippen LogP contribution in [-0.2, 0) is 4.74 Å². The van der Waals surface area contributed by atoms with Gasteiger partial charge in [-0.05, 0) is 43.7 Å². The van der Waals surface area contributed by atoms with E-state index < -0.39 is 29.7 Å². The summed E-state index contributed by atoms with van der Waals surface area (Å²) in [7, 11) is 0. The summed E-state index contributed by atoms with van der Waals surface area (Å²) in [5, 5.41) is 13.3. The number of anilines is 1. The molecule has 3 heterocycles. The van der Waals surface area contributed by atoms with Gasteiger partial charge >= 0.3 is 0 Å². The maximum absolute atomic E-state index is 14.4. The van der Waals surface area contributed by atoms with Crippen LogP contribution in [0.3, 0.4) is 0 Å². The molecular weight excluding hydrogens is 428 g/mol. The van der Waals surface area contributed by atoms with Crippen molar-refractivity contribution in [3.63, 3.8) is 0 Å². The molecule has 0 bridgehead atoms. The van der Waals surface area contributed by atoms with Crippen molar-refractivity contribution in [3.05, 3.63) is 77.8 Å². The minimum absolute atomic E-state index is 0.0317. The van der Waals surface area contributed by atoms with E-state index in [1.165, 1.54) is 30.5 Å². The maximum Gasteiger partial charge on any atom is 0.274 e. The molecule has 4 atom stereocenters. The predicted molar refractivity (Wildman–Crippen MR) is 119 cm³/mol. The Bertz CT molecular complexity index is 1150. The number of carbonyl (C=O) groups is 1. The minimum Gasteiger partial charge on any atom is -0.393 e. The molecule has 2 aromatic heterocycles. The first-order valence-corrected chi connectivity index (χ1v) is 10.9. The van der Waals surface area contributed by atoms with Crippen molar-refractivity contribution in [2.24, 2.45) is 5.92 Å². The van der Waals surface area contributed by atoms with E-state index >= 15 is 0 Å². The molecule has 4 unspecified atom stereocenters. The van der Waals surface area contributed by atoms with Crippen molar-refractivity contribution >= 4 is 11.6 Å². The molecule has 4 rings (SSSR count). The van der Waals surface area contributed by atoms with Crippen LogP contribution < -0.4 is 5.32 Å². The van der Waals surface area contributed by atoms with E-state index in [1.54, 1.807) is 18.3 Å². The number of ether oxygens (including phenoxy) is 1. The summed E-state index contributed by atoms with van der Waals surface area (Å²) in [6.45, 7) is 3.94. The zero-order valence-corrected chi connectivity index (χ0v) is 18.3. The molecule has 1 fully saturated rings. The van der Waals surface area contributed by atoms with E-state index in [-0.39, 0.29) is 29.0 Å². The number of halogens is 2. The van der Waals surface area contributed by atoms with Gasteiger partial charge in [-0.1, -0.05) is 19.1 Å². The second-order valence-corrected chi connectivity index (χ2v) is 8.13. The molecule has 0 radical (unpaired) electrons. The van der Waals surface area contributed by atoms with Crippen molar-refractivity contribution in [3.8, 4) is 11.3 Å². The Hall–Kier alpha value is -3.23. The van der Waals surface area contributed by atoms with Crippen LogP contribution >= 0.6 is 0 Å². The van der Waals surface area contributed by atoms with Crippen LogP contribution in [0.1, 0.15) is 48.8 Å². The number of pyridine rings is 2. The Labute approximate surface area is 190 Å². The van der Waals surface area contributed by atoms with E-state index in [0.29, 0.717) is 17.7 Å². The largest absolute Gasteiger partial charge is 0.393 e. The quantitative estimate of drug-likeness (QED) is 0.573. The lowest BCUT2D eigenvalue weighted by atomic mass is 9.85. The number of aromatic nitrogens is 2. The molecule has 0 aliphatic carbocycles. The van der Waals surface area contributed by atoms with E-state index in [2.05, 4.69) is 15.3 Å². The Morgan fingerprint density at radius 2 is 1.97 bits per heavy atom. The molecule has 1 aromatic carbocycles. The SMILES string of the molecule is CCC1C(O)CC(c2ccncc2NC(=O)c2ccc(F)c(-c3ccccc3F)n2)OC1C. The Morgan fingerprint density at radius 3 is 2.70 bits per heavy atom. The number of amides is 1. The van der Waals surface area contributed by atoms with Crippen LogP contribution in [-0.4, -0.2) is 33.2 Å². The number of nitrogens with zero attached hydrogens (tertiary/aromatic N) is 2. The number of carbonyl (C=O) groups excluding carboxylic acids is 1. The Kier molecular flexibility index (Phi) is 6.76. The second-order valence-electron chi connectivity index (χ2n) is 8.13. The van der Waals surface area contributed by atoms with Crippen LogP contribution in [0.5, 0.6) is 0 Å². The standard InChI is InChI=1S/C25H25F2N3O3/c1-3-15-14(2)33-23(12-22(15)31)17-10-11-28-13-21(17)30-25(32)20-9-8-19(27)24(29-20)16-6-4-5-7-18(16)26/h4-11,13-15,22-23,31H,3,12H2,1-2H3,(H,30,32). The minimum atomic E-state index is -0.734. The van der Waals surface area contributed by atoms with Gasteiger partial charge in [-0.25, -0.2) is 13.8 Å². The molecule has 2 N–H and O–H groups in total. The topological polar surface area (TPSA) is 84.3 Å². The summed E-state index contributed by atoms with van der Waals surface area (Å²) < 4.78 is 34.7. The number of hydrogen-bond acceptors (Lipinski definition) is 5. The van der Waals surface area contributed by atoms with Gasteiger partial charge in [0.15, 0.2) is 0 Å². The monoisotopic (exact) mass is 453 g/mol. The highest BCUT2D eigenvalue weighted by atomic mass is 19.1. The summed E-state index contributed by atoms with van der Waals surface area (Å²) in [4.78, 5) is 21.1. The highest BCUT2D eigenvalue weighted by molar-refractivity contribution is 6.03. The predicted octanol–water partition coefficient (Wildman–Crippen LogP) is 4.91. The molecule has 172 valence electrons. The number of hydrogen-bond donors (Lipinski definition) is 2. The molecule has 0 spiro atoms. The third kappa shape index (κ3) is 4.77. The second kappa shape index (κ2) is 9.72. The lowest BCUT2D eigenvalue weighted by molar-refractivity contribution is -0.131. The highest BCUT2D eigenvalue weighted by Gasteiger charge is 2.35. The van der Waals surface area contributed by atoms with Gasteiger partial charge < -0.3 is 15.2 Å². The molecule has 8 heteroatoms. The molecule has 6 nitrogen and oxygen atoms in total. The Balaban J connectivity index is 1.60. The first kappa shape index (κ1) is 22.9. The number of rotatable bonds is 5. The summed E-state index contributed by atoms with van der Waals surface area (Å²) >= 11 is 0. The first-order chi connectivity index (χ1) is 15.9. The third-order valence-electron chi connectivity index (χ3n) is 6.06. The fraction of sp³-hybridized carbons (Fsp3) is 0.320. The zero-order chi connectivity index (χ0) is 23.5. The lowest BCUT2D eigenvalue weighted by Crippen LogP contribution is -2.39. The van der Waals surface area contributed by atoms with Crippen molar-refractivity contribution in [2.75, 3.05) is 5.32 Å². The van der Waals surface area contributed by atoms with Crippen molar-refractivity contribution in [2.45, 2.75) is 45.0 Å². The van der Waals surface area contributed by atoms with Gasteiger partial charge in [0.25, 0.3) is 5.91 Å². The number of aliphatic hydroxyl groups excluding tert-OH is 1. The normalized spacial score (nSPS) is 22.7. The van der Waals surface area contributed by atoms with Crippen LogP contribution in [0.25, 0.3) is 11.3 Å². The average Bonchev–Trinajstić information content (AvgIpc) is 2.80. The van der Waals surface area contributed by atoms with Crippen molar-refractivity contribution < 1.29 is 23.4 Å². The van der Waals surface area contributed by atoms with Crippen LogP contribution in [0.15, 0.2) is 54.9 Å². The summed E-state index contributed by atoms with van der Waals surface area (Å²) in [6, 6.07) is 9.71. The summed E-state index contributed by atoms with van der Waals surface area (Å²) in [5.74, 6) is -1.93. The zero-order valence-electron chi connectivity index (χ0n) is 18.3. The number of benzene rings is 1. The van der Waals surface area contributed by atoms with E-state index in [0.717, 1.165) is 12.5 Å². The van der Waals surface area contributed by atoms with Crippen LogP contribution in [0.2, 0.25) is 0 Å².